The summed E-state index contributed by atoms with van der Waals surface area (Å²) in [6.07, 6.45) is -2.09. The van der Waals surface area contributed by atoms with Crippen LogP contribution < -0.4 is 5.32 Å². The van der Waals surface area contributed by atoms with E-state index in [0.717, 1.165) is 56.2 Å². The van der Waals surface area contributed by atoms with Crippen molar-refractivity contribution < 1.29 is 22.6 Å². The Kier molecular flexibility index (Phi) is 6.26. The number of likely N-dealkylation sites (tertiary alicyclic amines) is 1. The Bertz CT molecular complexity index is 658. The van der Waals surface area contributed by atoms with E-state index < -0.39 is 12.8 Å². The molecule has 2 aliphatic rings. The van der Waals surface area contributed by atoms with Crippen molar-refractivity contribution in [3.8, 4) is 0 Å². The second kappa shape index (κ2) is 8.48. The van der Waals surface area contributed by atoms with Crippen LogP contribution in [0.3, 0.4) is 0 Å². The Morgan fingerprint density at radius 1 is 1.33 bits per heavy atom. The van der Waals surface area contributed by atoms with E-state index in [1.807, 2.05) is 18.2 Å². The fourth-order valence-electron chi connectivity index (χ4n) is 3.71. The van der Waals surface area contributed by atoms with Gasteiger partial charge in [-0.3, -0.25) is 4.99 Å². The zero-order valence-electron chi connectivity index (χ0n) is 15.5. The summed E-state index contributed by atoms with van der Waals surface area (Å²) >= 11 is 0. The monoisotopic (exact) mass is 385 g/mol. The molecule has 0 bridgehead atoms. The molecule has 2 fully saturated rings. The molecule has 3 rings (SSSR count). The minimum absolute atomic E-state index is 0.0588. The van der Waals surface area contributed by atoms with Crippen molar-refractivity contribution >= 4 is 5.96 Å². The zero-order chi connectivity index (χ0) is 19.3. The molecule has 2 aliphatic heterocycles. The first-order chi connectivity index (χ1) is 12.9. The molecule has 8 heteroatoms. The third-order valence-corrected chi connectivity index (χ3v) is 5.11. The van der Waals surface area contributed by atoms with Gasteiger partial charge in [0, 0.05) is 38.7 Å². The van der Waals surface area contributed by atoms with Crippen LogP contribution >= 0.6 is 0 Å². The first kappa shape index (κ1) is 19.9. The second-order valence-corrected chi connectivity index (χ2v) is 7.30. The minimum Gasteiger partial charge on any atom is -0.381 e. The maximum absolute atomic E-state index is 12.2. The van der Waals surface area contributed by atoms with E-state index in [-0.39, 0.29) is 12.0 Å². The predicted molar refractivity (Wildman–Crippen MR) is 96.4 cm³/mol. The number of benzene rings is 1. The van der Waals surface area contributed by atoms with Gasteiger partial charge in [-0.2, -0.15) is 13.2 Å². The average Bonchev–Trinajstić information content (AvgIpc) is 3.25. The normalized spacial score (nSPS) is 23.4. The minimum atomic E-state index is -4.30. The van der Waals surface area contributed by atoms with E-state index in [9.17, 15) is 13.2 Å². The van der Waals surface area contributed by atoms with Gasteiger partial charge < -0.3 is 19.7 Å². The van der Waals surface area contributed by atoms with E-state index in [2.05, 4.69) is 15.2 Å². The van der Waals surface area contributed by atoms with Crippen LogP contribution in [-0.4, -0.2) is 57.0 Å². The topological polar surface area (TPSA) is 46.1 Å². The lowest BCUT2D eigenvalue weighted by atomic mass is 9.87. The standard InChI is InChI=1S/C19H26F3N3O2/c1-23-17(25-7-5-18(12-25)6-8-26-13-18)24-10-15-3-2-4-16(9-15)11-27-14-19(20,21)22/h2-4,9H,5-8,10-14H2,1H3,(H,23,24). The van der Waals surface area contributed by atoms with E-state index in [1.165, 1.54) is 0 Å². The fourth-order valence-corrected chi connectivity index (χ4v) is 3.71. The lowest BCUT2D eigenvalue weighted by Crippen LogP contribution is -2.41. The summed E-state index contributed by atoms with van der Waals surface area (Å²) < 4.78 is 46.9. The van der Waals surface area contributed by atoms with Gasteiger partial charge in [-0.15, -0.1) is 0 Å². The van der Waals surface area contributed by atoms with Gasteiger partial charge in [-0.25, -0.2) is 0 Å². The SMILES string of the molecule is CN=C(NCc1cccc(COCC(F)(F)F)c1)N1CCC2(CCOC2)C1. The average molecular weight is 385 g/mol. The van der Waals surface area contributed by atoms with Gasteiger partial charge in [0.25, 0.3) is 0 Å². The quantitative estimate of drug-likeness (QED) is 0.625. The van der Waals surface area contributed by atoms with Crippen LogP contribution in [0.1, 0.15) is 24.0 Å². The number of guanidine groups is 1. The summed E-state index contributed by atoms with van der Waals surface area (Å²) in [6, 6.07) is 7.38. The van der Waals surface area contributed by atoms with Crippen LogP contribution in [0.5, 0.6) is 0 Å². The van der Waals surface area contributed by atoms with E-state index >= 15 is 0 Å². The van der Waals surface area contributed by atoms with Crippen LogP contribution in [-0.2, 0) is 22.6 Å². The maximum Gasteiger partial charge on any atom is 0.411 e. The number of aliphatic imine (C=N–C) groups is 1. The third kappa shape index (κ3) is 5.59. The molecule has 27 heavy (non-hydrogen) atoms. The molecule has 1 aromatic rings. The number of ether oxygens (including phenoxy) is 2. The molecule has 1 aromatic carbocycles. The van der Waals surface area contributed by atoms with Crippen molar-refractivity contribution in [1.29, 1.82) is 0 Å². The molecule has 5 nitrogen and oxygen atoms in total. The van der Waals surface area contributed by atoms with Crippen LogP contribution in [0.25, 0.3) is 0 Å². The molecular weight excluding hydrogens is 359 g/mol. The van der Waals surface area contributed by atoms with Gasteiger partial charge in [0.2, 0.25) is 0 Å². The molecule has 1 atom stereocenters. The van der Waals surface area contributed by atoms with Gasteiger partial charge in [0.15, 0.2) is 5.96 Å². The number of hydrogen-bond donors (Lipinski definition) is 1. The Morgan fingerprint density at radius 2 is 2.15 bits per heavy atom. The molecule has 2 saturated heterocycles. The number of hydrogen-bond acceptors (Lipinski definition) is 3. The van der Waals surface area contributed by atoms with Crippen LogP contribution in [0.2, 0.25) is 0 Å². The van der Waals surface area contributed by atoms with Crippen LogP contribution in [0.4, 0.5) is 13.2 Å². The number of alkyl halides is 3. The van der Waals surface area contributed by atoms with Crippen molar-refractivity contribution in [2.45, 2.75) is 32.2 Å². The number of nitrogens with one attached hydrogen (secondary N) is 1. The van der Waals surface area contributed by atoms with Crippen molar-refractivity contribution in [3.63, 3.8) is 0 Å². The molecule has 0 aromatic heterocycles. The highest BCUT2D eigenvalue weighted by Crippen LogP contribution is 2.38. The molecule has 0 radical (unpaired) electrons. The Morgan fingerprint density at radius 3 is 2.85 bits per heavy atom. The molecule has 0 amide bonds. The highest BCUT2D eigenvalue weighted by molar-refractivity contribution is 5.80. The summed E-state index contributed by atoms with van der Waals surface area (Å²) in [7, 11) is 1.76. The van der Waals surface area contributed by atoms with Crippen molar-refractivity contribution in [2.75, 3.05) is 40.0 Å². The Hall–Kier alpha value is -1.80. The van der Waals surface area contributed by atoms with Gasteiger partial charge in [-0.05, 0) is 24.0 Å². The fraction of sp³-hybridized carbons (Fsp3) is 0.632. The van der Waals surface area contributed by atoms with Crippen LogP contribution in [0, 0.1) is 5.41 Å². The van der Waals surface area contributed by atoms with E-state index in [0.29, 0.717) is 6.54 Å². The highest BCUT2D eigenvalue weighted by atomic mass is 19.4. The molecule has 2 heterocycles. The molecule has 1 unspecified atom stereocenters. The largest absolute Gasteiger partial charge is 0.411 e. The van der Waals surface area contributed by atoms with E-state index in [4.69, 9.17) is 9.47 Å². The zero-order valence-corrected chi connectivity index (χ0v) is 15.5. The molecule has 0 aliphatic carbocycles. The van der Waals surface area contributed by atoms with Crippen molar-refractivity contribution in [3.05, 3.63) is 35.4 Å². The first-order valence-corrected chi connectivity index (χ1v) is 9.15. The van der Waals surface area contributed by atoms with Crippen molar-refractivity contribution in [2.24, 2.45) is 10.4 Å². The van der Waals surface area contributed by atoms with Gasteiger partial charge in [-0.1, -0.05) is 24.3 Å². The molecule has 1 spiro atoms. The predicted octanol–water partition coefficient (Wildman–Crippen LogP) is 2.95. The molecular formula is C19H26F3N3O2. The lowest BCUT2D eigenvalue weighted by Gasteiger charge is -2.25. The lowest BCUT2D eigenvalue weighted by molar-refractivity contribution is -0.176. The maximum atomic E-state index is 12.2. The molecule has 150 valence electrons. The smallest absolute Gasteiger partial charge is 0.381 e. The summed E-state index contributed by atoms with van der Waals surface area (Å²) in [6.45, 7) is 2.81. The second-order valence-electron chi connectivity index (χ2n) is 7.30. The number of halogens is 3. The highest BCUT2D eigenvalue weighted by Gasteiger charge is 2.42. The number of nitrogens with zero attached hydrogens (tertiary/aromatic N) is 2. The first-order valence-electron chi connectivity index (χ1n) is 9.15. The Labute approximate surface area is 157 Å². The summed E-state index contributed by atoms with van der Waals surface area (Å²) in [5.74, 6) is 0.845. The summed E-state index contributed by atoms with van der Waals surface area (Å²) in [4.78, 5) is 6.63. The molecule has 1 N–H and O–H groups in total. The van der Waals surface area contributed by atoms with Gasteiger partial charge in [0.1, 0.15) is 6.61 Å². The number of rotatable bonds is 5. The van der Waals surface area contributed by atoms with E-state index in [1.54, 1.807) is 13.1 Å². The van der Waals surface area contributed by atoms with Crippen molar-refractivity contribution in [1.82, 2.24) is 10.2 Å². The Balaban J connectivity index is 1.50. The summed E-state index contributed by atoms with van der Waals surface area (Å²) in [5, 5.41) is 3.36. The summed E-state index contributed by atoms with van der Waals surface area (Å²) in [5.41, 5.74) is 1.95. The van der Waals surface area contributed by atoms with Gasteiger partial charge >= 0.3 is 6.18 Å². The molecule has 0 saturated carbocycles. The third-order valence-electron chi connectivity index (χ3n) is 5.11. The van der Waals surface area contributed by atoms with Gasteiger partial charge in [0.05, 0.1) is 13.2 Å². The van der Waals surface area contributed by atoms with Crippen LogP contribution in [0.15, 0.2) is 29.3 Å².